The van der Waals surface area contributed by atoms with Gasteiger partial charge in [0, 0.05) is 0 Å². The molecular formula is C8H14O3. The van der Waals surface area contributed by atoms with Gasteiger partial charge in [0.2, 0.25) is 0 Å². The lowest BCUT2D eigenvalue weighted by Gasteiger charge is -2.21. The third-order valence-electron chi connectivity index (χ3n) is 0.991. The Kier molecular flexibility index (Phi) is 4.00. The number of rotatable bonds is 5. The van der Waals surface area contributed by atoms with Crippen LogP contribution in [0.5, 0.6) is 0 Å². The molecule has 0 fully saturated rings. The molecule has 0 amide bonds. The molecular weight excluding hydrogens is 144 g/mol. The van der Waals surface area contributed by atoms with Gasteiger partial charge in [-0.15, -0.1) is 6.58 Å². The van der Waals surface area contributed by atoms with Crippen LogP contribution in [0, 0.1) is 0 Å². The maximum absolute atomic E-state index is 10.3. The van der Waals surface area contributed by atoms with Crippen LogP contribution in [0.2, 0.25) is 0 Å². The highest BCUT2D eigenvalue weighted by Gasteiger charge is 2.18. The molecule has 0 aliphatic carbocycles. The quantitative estimate of drug-likeness (QED) is 0.367. The fourth-order valence-electron chi connectivity index (χ4n) is 0.666. The predicted molar refractivity (Wildman–Crippen MR) is 42.0 cm³/mol. The molecule has 1 unspecified atom stereocenters. The van der Waals surface area contributed by atoms with Crippen molar-refractivity contribution in [3.8, 4) is 0 Å². The van der Waals surface area contributed by atoms with Crippen LogP contribution in [0.3, 0.4) is 0 Å². The van der Waals surface area contributed by atoms with E-state index in [0.717, 1.165) is 0 Å². The summed E-state index contributed by atoms with van der Waals surface area (Å²) in [6.45, 7) is 6.42. The summed E-state index contributed by atoms with van der Waals surface area (Å²) in [4.78, 5) is 10.3. The van der Waals surface area contributed by atoms with Gasteiger partial charge in [-0.1, -0.05) is 6.08 Å². The van der Waals surface area contributed by atoms with Crippen molar-refractivity contribution in [1.82, 2.24) is 0 Å². The minimum atomic E-state index is -1.26. The van der Waals surface area contributed by atoms with Crippen LogP contribution < -0.4 is 0 Å². The van der Waals surface area contributed by atoms with Crippen LogP contribution in [-0.2, 0) is 9.53 Å². The van der Waals surface area contributed by atoms with E-state index in [1.165, 1.54) is 13.8 Å². The first-order chi connectivity index (χ1) is 4.99. The van der Waals surface area contributed by atoms with Crippen LogP contribution >= 0.6 is 0 Å². The summed E-state index contributed by atoms with van der Waals surface area (Å²) in [6.07, 6.45) is 2.06. The van der Waals surface area contributed by atoms with Gasteiger partial charge in [-0.2, -0.15) is 0 Å². The lowest BCUT2D eigenvalue weighted by Crippen LogP contribution is -2.30. The van der Waals surface area contributed by atoms with Crippen molar-refractivity contribution < 1.29 is 14.6 Å². The molecule has 64 valence electrons. The summed E-state index contributed by atoms with van der Waals surface area (Å²) in [5, 5.41) is 9.13. The van der Waals surface area contributed by atoms with Gasteiger partial charge < -0.3 is 14.6 Å². The van der Waals surface area contributed by atoms with Crippen LogP contribution in [0.15, 0.2) is 12.7 Å². The maximum atomic E-state index is 10.3. The highest BCUT2D eigenvalue weighted by Crippen LogP contribution is 2.08. The van der Waals surface area contributed by atoms with E-state index in [0.29, 0.717) is 12.7 Å². The molecule has 1 N–H and O–H groups in total. The van der Waals surface area contributed by atoms with Crippen molar-refractivity contribution in [1.29, 1.82) is 0 Å². The molecule has 0 aromatic rings. The average Bonchev–Trinajstić information content (AvgIpc) is 1.84. The van der Waals surface area contributed by atoms with Gasteiger partial charge in [0.15, 0.2) is 5.79 Å². The molecule has 0 radical (unpaired) electrons. The molecule has 0 saturated heterocycles. The summed E-state index contributed by atoms with van der Waals surface area (Å²) in [5.74, 6) is -1.26. The zero-order valence-corrected chi connectivity index (χ0v) is 6.91. The molecule has 0 bridgehead atoms. The van der Waals surface area contributed by atoms with Crippen LogP contribution in [0.25, 0.3) is 0 Å². The van der Waals surface area contributed by atoms with Crippen LogP contribution in [0.4, 0.5) is 0 Å². The molecule has 0 aromatic carbocycles. The molecule has 0 saturated carbocycles. The Morgan fingerprint density at radius 2 is 2.27 bits per heavy atom. The molecule has 0 aromatic heterocycles. The van der Waals surface area contributed by atoms with E-state index in [9.17, 15) is 4.79 Å². The van der Waals surface area contributed by atoms with Gasteiger partial charge in [0.25, 0.3) is 0 Å². The molecule has 0 aliphatic heterocycles. The molecule has 1 atom stereocenters. The largest absolute Gasteiger partial charge is 0.366 e. The topological polar surface area (TPSA) is 46.5 Å². The number of hydrogen-bond donors (Lipinski definition) is 1. The predicted octanol–water partition coefficient (Wildman–Crippen LogP) is 0.875. The van der Waals surface area contributed by atoms with Gasteiger partial charge in [0.1, 0.15) is 12.4 Å². The van der Waals surface area contributed by atoms with Gasteiger partial charge in [-0.05, 0) is 20.3 Å². The van der Waals surface area contributed by atoms with E-state index in [-0.39, 0.29) is 0 Å². The van der Waals surface area contributed by atoms with E-state index in [1.807, 2.05) is 0 Å². The van der Waals surface area contributed by atoms with Crippen molar-refractivity contribution in [2.24, 2.45) is 0 Å². The second-order valence-electron chi connectivity index (χ2n) is 2.76. The zero-order chi connectivity index (χ0) is 8.91. The minimum Gasteiger partial charge on any atom is -0.366 e. The Labute approximate surface area is 66.7 Å². The monoisotopic (exact) mass is 158 g/mol. The lowest BCUT2D eigenvalue weighted by atomic mass is 10.2. The van der Waals surface area contributed by atoms with Crippen molar-refractivity contribution in [3.05, 3.63) is 12.7 Å². The second-order valence-corrected chi connectivity index (χ2v) is 2.76. The number of carbonyl (C=O) groups is 1. The minimum absolute atomic E-state index is 0.424. The van der Waals surface area contributed by atoms with E-state index in [1.54, 1.807) is 6.08 Å². The Balaban J connectivity index is 3.87. The summed E-state index contributed by atoms with van der Waals surface area (Å²) >= 11 is 0. The van der Waals surface area contributed by atoms with Gasteiger partial charge in [-0.25, -0.2) is 0 Å². The number of ether oxygens (including phenoxy) is 1. The fourth-order valence-corrected chi connectivity index (χ4v) is 0.666. The number of hydrogen-bond acceptors (Lipinski definition) is 3. The molecule has 3 heteroatoms. The van der Waals surface area contributed by atoms with E-state index in [4.69, 9.17) is 9.84 Å². The maximum Gasteiger partial charge on any atom is 0.160 e. The molecule has 0 rings (SSSR count). The number of carbonyl (C=O) groups excluding carboxylic acids is 1. The third-order valence-corrected chi connectivity index (χ3v) is 0.991. The third kappa shape index (κ3) is 5.76. The Morgan fingerprint density at radius 1 is 1.73 bits per heavy atom. The lowest BCUT2D eigenvalue weighted by molar-refractivity contribution is -0.200. The van der Waals surface area contributed by atoms with Crippen molar-refractivity contribution in [2.75, 3.05) is 0 Å². The standard InChI is InChI=1S/C8H14O3/c1-4-5-7(6-9)11-8(2,3)10/h4,6-7,10H,1,5H2,2-3H3. The molecule has 3 nitrogen and oxygen atoms in total. The Bertz CT molecular complexity index is 135. The Morgan fingerprint density at radius 3 is 2.55 bits per heavy atom. The van der Waals surface area contributed by atoms with Gasteiger partial charge >= 0.3 is 0 Å². The first-order valence-electron chi connectivity index (χ1n) is 3.46. The van der Waals surface area contributed by atoms with Crippen molar-refractivity contribution in [2.45, 2.75) is 32.2 Å². The van der Waals surface area contributed by atoms with Crippen LogP contribution in [-0.4, -0.2) is 23.3 Å². The normalized spacial score (nSPS) is 14.1. The van der Waals surface area contributed by atoms with E-state index in [2.05, 4.69) is 6.58 Å². The van der Waals surface area contributed by atoms with Gasteiger partial charge in [-0.3, -0.25) is 0 Å². The van der Waals surface area contributed by atoms with E-state index >= 15 is 0 Å². The van der Waals surface area contributed by atoms with E-state index < -0.39 is 11.9 Å². The average molecular weight is 158 g/mol. The molecule has 0 heterocycles. The number of aldehydes is 1. The van der Waals surface area contributed by atoms with Crippen LogP contribution in [0.1, 0.15) is 20.3 Å². The Hall–Kier alpha value is -0.670. The first kappa shape index (κ1) is 10.3. The highest BCUT2D eigenvalue weighted by molar-refractivity contribution is 5.56. The summed E-state index contributed by atoms with van der Waals surface area (Å²) in [7, 11) is 0. The highest BCUT2D eigenvalue weighted by atomic mass is 16.6. The second kappa shape index (κ2) is 4.26. The number of aliphatic hydroxyl groups is 1. The fraction of sp³-hybridized carbons (Fsp3) is 0.625. The SMILES string of the molecule is C=CCC(C=O)OC(C)(C)O. The smallest absolute Gasteiger partial charge is 0.160 e. The van der Waals surface area contributed by atoms with Gasteiger partial charge in [0.05, 0.1) is 0 Å². The summed E-state index contributed by atoms with van der Waals surface area (Å²) in [6, 6.07) is 0. The first-order valence-corrected chi connectivity index (χ1v) is 3.46. The summed E-state index contributed by atoms with van der Waals surface area (Å²) < 4.78 is 4.94. The zero-order valence-electron chi connectivity index (χ0n) is 6.91. The van der Waals surface area contributed by atoms with Crippen molar-refractivity contribution >= 4 is 6.29 Å². The molecule has 0 aliphatic rings. The van der Waals surface area contributed by atoms with Crippen molar-refractivity contribution in [3.63, 3.8) is 0 Å². The summed E-state index contributed by atoms with van der Waals surface area (Å²) in [5.41, 5.74) is 0. The molecule has 0 spiro atoms. The molecule has 11 heavy (non-hydrogen) atoms.